The van der Waals surface area contributed by atoms with Crippen LogP contribution in [0.3, 0.4) is 0 Å². The fraction of sp³-hybridized carbons (Fsp3) is 0.304. The molecule has 2 heterocycles. The second-order valence-corrected chi connectivity index (χ2v) is 8.16. The van der Waals surface area contributed by atoms with E-state index in [-0.39, 0.29) is 12.4 Å². The number of hydrogen-bond donors (Lipinski definition) is 0. The number of ketones is 1. The van der Waals surface area contributed by atoms with E-state index in [0.29, 0.717) is 22.0 Å². The van der Waals surface area contributed by atoms with Gasteiger partial charge in [-0.25, -0.2) is 14.8 Å². The molecule has 2 aromatic heterocycles. The lowest BCUT2D eigenvalue weighted by molar-refractivity contribution is 0.0473. The Morgan fingerprint density at radius 1 is 1.00 bits per heavy atom. The average Bonchev–Trinajstić information content (AvgIpc) is 2.97. The number of hydrogen-bond acceptors (Lipinski definition) is 6. The van der Waals surface area contributed by atoms with Gasteiger partial charge in [0.1, 0.15) is 0 Å². The number of aryl methyl sites for hydroxylation is 3. The van der Waals surface area contributed by atoms with Crippen LogP contribution in [0.2, 0.25) is 0 Å². The van der Waals surface area contributed by atoms with Crippen molar-refractivity contribution in [3.8, 4) is 0 Å². The fourth-order valence-electron chi connectivity index (χ4n) is 3.17. The highest BCUT2D eigenvalue weighted by Gasteiger charge is 2.18. The Kier molecular flexibility index (Phi) is 6.72. The monoisotopic (exact) mass is 423 g/mol. The summed E-state index contributed by atoms with van der Waals surface area (Å²) in [6.45, 7) is 7.38. The SMILES string of the molecule is Cc1cc(C)nc(SCc2ccccc2C(=O)OCC(=O)c2cc(C)n(C)c2C)n1. The zero-order valence-corrected chi connectivity index (χ0v) is 18.7. The molecule has 156 valence electrons. The third kappa shape index (κ3) is 4.97. The molecule has 0 aliphatic rings. The van der Waals surface area contributed by atoms with Gasteiger partial charge in [-0.2, -0.15) is 0 Å². The van der Waals surface area contributed by atoms with Crippen molar-refractivity contribution in [2.45, 2.75) is 38.6 Å². The molecule has 0 spiro atoms. The Morgan fingerprint density at radius 2 is 1.67 bits per heavy atom. The standard InChI is InChI=1S/C23H25N3O3S/c1-14-10-15(2)25-23(24-14)30-13-18-8-6-7-9-19(18)22(28)29-12-21(27)20-11-16(3)26(5)17(20)4/h6-11H,12-13H2,1-5H3. The second kappa shape index (κ2) is 9.26. The molecule has 7 heteroatoms. The molecular formula is C23H25N3O3S. The van der Waals surface area contributed by atoms with Crippen LogP contribution < -0.4 is 0 Å². The summed E-state index contributed by atoms with van der Waals surface area (Å²) in [7, 11) is 1.90. The number of benzene rings is 1. The van der Waals surface area contributed by atoms with E-state index in [9.17, 15) is 9.59 Å². The van der Waals surface area contributed by atoms with Gasteiger partial charge in [-0.05, 0) is 51.5 Å². The van der Waals surface area contributed by atoms with Crippen LogP contribution in [0.25, 0.3) is 0 Å². The van der Waals surface area contributed by atoms with Gasteiger partial charge in [-0.15, -0.1) is 0 Å². The molecule has 0 atom stereocenters. The summed E-state index contributed by atoms with van der Waals surface area (Å²) in [6, 6.07) is 11.0. The van der Waals surface area contributed by atoms with Crippen molar-refractivity contribution >= 4 is 23.5 Å². The van der Waals surface area contributed by atoms with E-state index in [0.717, 1.165) is 28.3 Å². The van der Waals surface area contributed by atoms with Gasteiger partial charge in [-0.1, -0.05) is 30.0 Å². The van der Waals surface area contributed by atoms with Crippen molar-refractivity contribution in [3.05, 3.63) is 75.9 Å². The van der Waals surface area contributed by atoms with Crippen molar-refractivity contribution in [2.75, 3.05) is 6.61 Å². The van der Waals surface area contributed by atoms with E-state index in [1.165, 1.54) is 11.8 Å². The predicted molar refractivity (Wildman–Crippen MR) is 117 cm³/mol. The number of thioether (sulfide) groups is 1. The summed E-state index contributed by atoms with van der Waals surface area (Å²) in [5, 5.41) is 0.667. The molecule has 0 fully saturated rings. The molecular weight excluding hydrogens is 398 g/mol. The minimum atomic E-state index is -0.508. The molecule has 0 saturated heterocycles. The van der Waals surface area contributed by atoms with E-state index < -0.39 is 5.97 Å². The topological polar surface area (TPSA) is 74.1 Å². The highest BCUT2D eigenvalue weighted by atomic mass is 32.2. The number of Topliss-reactive ketones (excluding diaryl/α,β-unsaturated/α-hetero) is 1. The van der Waals surface area contributed by atoms with Gasteiger partial charge >= 0.3 is 5.97 Å². The summed E-state index contributed by atoms with van der Waals surface area (Å²) in [6.07, 6.45) is 0. The van der Waals surface area contributed by atoms with Crippen molar-refractivity contribution in [1.82, 2.24) is 14.5 Å². The number of rotatable bonds is 7. The van der Waals surface area contributed by atoms with Gasteiger partial charge < -0.3 is 9.30 Å². The zero-order valence-electron chi connectivity index (χ0n) is 17.9. The Labute approximate surface area is 180 Å². The minimum absolute atomic E-state index is 0.208. The summed E-state index contributed by atoms with van der Waals surface area (Å²) in [5.74, 6) is -0.190. The van der Waals surface area contributed by atoms with Crippen molar-refractivity contribution in [3.63, 3.8) is 0 Å². The first-order valence-electron chi connectivity index (χ1n) is 9.62. The van der Waals surface area contributed by atoms with E-state index in [4.69, 9.17) is 4.74 Å². The summed E-state index contributed by atoms with van der Waals surface area (Å²) >= 11 is 1.46. The Bertz CT molecular complexity index is 1080. The third-order valence-electron chi connectivity index (χ3n) is 4.97. The molecule has 0 aliphatic heterocycles. The number of aromatic nitrogens is 3. The third-order valence-corrected chi connectivity index (χ3v) is 5.86. The normalized spacial score (nSPS) is 10.8. The number of ether oxygens (including phenoxy) is 1. The first-order valence-corrected chi connectivity index (χ1v) is 10.6. The highest BCUT2D eigenvalue weighted by molar-refractivity contribution is 7.98. The molecule has 3 rings (SSSR count). The molecule has 3 aromatic rings. The largest absolute Gasteiger partial charge is 0.454 e. The quantitative estimate of drug-likeness (QED) is 0.243. The van der Waals surface area contributed by atoms with Crippen LogP contribution in [-0.2, 0) is 17.5 Å². The molecule has 6 nitrogen and oxygen atoms in total. The first-order chi connectivity index (χ1) is 14.3. The number of nitrogens with zero attached hydrogens (tertiary/aromatic N) is 3. The molecule has 0 aliphatic carbocycles. The lowest BCUT2D eigenvalue weighted by Gasteiger charge is -2.09. The van der Waals surface area contributed by atoms with Crippen LogP contribution in [0.1, 0.15) is 49.1 Å². The number of carbonyl (C=O) groups is 2. The molecule has 0 radical (unpaired) electrons. The van der Waals surface area contributed by atoms with Crippen LogP contribution in [0.5, 0.6) is 0 Å². The van der Waals surface area contributed by atoms with E-state index in [1.807, 2.05) is 63.6 Å². The predicted octanol–water partition coefficient (Wildman–Crippen LogP) is 4.38. The second-order valence-electron chi connectivity index (χ2n) is 7.22. The van der Waals surface area contributed by atoms with Crippen LogP contribution >= 0.6 is 11.8 Å². The van der Waals surface area contributed by atoms with Gasteiger partial charge in [0.15, 0.2) is 11.8 Å². The summed E-state index contributed by atoms with van der Waals surface area (Å²) < 4.78 is 7.28. The van der Waals surface area contributed by atoms with Crippen molar-refractivity contribution in [1.29, 1.82) is 0 Å². The highest BCUT2D eigenvalue weighted by Crippen LogP contribution is 2.23. The Morgan fingerprint density at radius 3 is 2.30 bits per heavy atom. The fourth-order valence-corrected chi connectivity index (χ4v) is 4.12. The van der Waals surface area contributed by atoms with Crippen molar-refractivity contribution in [2.24, 2.45) is 7.05 Å². The zero-order chi connectivity index (χ0) is 21.8. The lowest BCUT2D eigenvalue weighted by Crippen LogP contribution is -2.16. The van der Waals surface area contributed by atoms with Crippen LogP contribution in [0, 0.1) is 27.7 Å². The van der Waals surface area contributed by atoms with Gasteiger partial charge in [-0.3, -0.25) is 4.79 Å². The smallest absolute Gasteiger partial charge is 0.338 e. The Balaban J connectivity index is 1.67. The average molecular weight is 424 g/mol. The van der Waals surface area contributed by atoms with Crippen molar-refractivity contribution < 1.29 is 14.3 Å². The van der Waals surface area contributed by atoms with Gasteiger partial charge in [0.2, 0.25) is 5.78 Å². The van der Waals surface area contributed by atoms with E-state index in [2.05, 4.69) is 9.97 Å². The first kappa shape index (κ1) is 21.8. The molecule has 0 N–H and O–H groups in total. The Hall–Kier alpha value is -2.93. The summed E-state index contributed by atoms with van der Waals surface area (Å²) in [4.78, 5) is 34.0. The number of carbonyl (C=O) groups excluding carboxylic acids is 2. The van der Waals surface area contributed by atoms with E-state index >= 15 is 0 Å². The summed E-state index contributed by atoms with van der Waals surface area (Å²) in [5.41, 5.74) is 5.50. The van der Waals surface area contributed by atoms with Gasteiger partial charge in [0.25, 0.3) is 0 Å². The molecule has 0 saturated carbocycles. The van der Waals surface area contributed by atoms with Gasteiger partial charge in [0.05, 0.1) is 5.56 Å². The minimum Gasteiger partial charge on any atom is -0.454 e. The van der Waals surface area contributed by atoms with Crippen LogP contribution in [0.4, 0.5) is 0 Å². The molecule has 0 bridgehead atoms. The van der Waals surface area contributed by atoms with Crippen LogP contribution in [-0.4, -0.2) is 32.9 Å². The molecule has 30 heavy (non-hydrogen) atoms. The maximum Gasteiger partial charge on any atom is 0.338 e. The van der Waals surface area contributed by atoms with Crippen LogP contribution in [0.15, 0.2) is 41.6 Å². The molecule has 1 aromatic carbocycles. The lowest BCUT2D eigenvalue weighted by atomic mass is 10.1. The molecule has 0 unspecified atom stereocenters. The maximum absolute atomic E-state index is 12.7. The maximum atomic E-state index is 12.7. The van der Waals surface area contributed by atoms with E-state index in [1.54, 1.807) is 12.1 Å². The van der Waals surface area contributed by atoms with Gasteiger partial charge in [0, 0.05) is 41.1 Å². The molecule has 0 amide bonds. The number of esters is 1.